The predicted octanol–water partition coefficient (Wildman–Crippen LogP) is 2.06. The highest BCUT2D eigenvalue weighted by molar-refractivity contribution is 7.18. The van der Waals surface area contributed by atoms with E-state index in [1.54, 1.807) is 6.07 Å². The largest absolute Gasteiger partial charge is 0.386 e. The topological polar surface area (TPSA) is 98.2 Å². The SMILES string of the molecule is Cc1nnc(NC(=O)c2ccc(Cl)s2)c2c1C(=O)OC2=O. The Morgan fingerprint density at radius 2 is 1.95 bits per heavy atom. The Labute approximate surface area is 126 Å². The van der Waals surface area contributed by atoms with Gasteiger partial charge in [-0.15, -0.1) is 16.4 Å². The fourth-order valence-corrected chi connectivity index (χ4v) is 2.79. The molecule has 0 saturated carbocycles. The van der Waals surface area contributed by atoms with E-state index in [-0.39, 0.29) is 22.6 Å². The first-order chi connectivity index (χ1) is 9.97. The Hall–Kier alpha value is -2.32. The molecule has 0 spiro atoms. The standard InChI is InChI=1S/C12H6ClN3O4S/c1-4-7-8(12(19)20-11(7)18)9(16-15-4)14-10(17)5-2-3-6(13)21-5/h2-3H,1H3,(H,14,16,17). The lowest BCUT2D eigenvalue weighted by molar-refractivity contribution is 0.0444. The Morgan fingerprint density at radius 3 is 2.62 bits per heavy atom. The van der Waals surface area contributed by atoms with Gasteiger partial charge in [0.2, 0.25) is 0 Å². The number of hydrogen-bond donors (Lipinski definition) is 1. The maximum absolute atomic E-state index is 12.0. The first-order valence-corrected chi connectivity index (χ1v) is 6.87. The van der Waals surface area contributed by atoms with Gasteiger partial charge in [0.15, 0.2) is 5.82 Å². The second kappa shape index (κ2) is 4.90. The zero-order valence-corrected chi connectivity index (χ0v) is 12.0. The average molecular weight is 324 g/mol. The maximum Gasteiger partial charge on any atom is 0.350 e. The maximum atomic E-state index is 12.0. The molecule has 0 radical (unpaired) electrons. The van der Waals surface area contributed by atoms with Crippen molar-refractivity contribution < 1.29 is 19.1 Å². The number of halogens is 1. The number of fused-ring (bicyclic) bond motifs is 1. The molecule has 1 amide bonds. The third-order valence-electron chi connectivity index (χ3n) is 2.77. The number of ether oxygens (including phenoxy) is 1. The number of rotatable bonds is 2. The molecule has 0 aromatic carbocycles. The number of aryl methyl sites for hydroxylation is 1. The highest BCUT2D eigenvalue weighted by Gasteiger charge is 2.36. The van der Waals surface area contributed by atoms with E-state index in [4.69, 9.17) is 11.6 Å². The van der Waals surface area contributed by atoms with Crippen LogP contribution >= 0.6 is 22.9 Å². The van der Waals surface area contributed by atoms with Crippen molar-refractivity contribution in [3.63, 3.8) is 0 Å². The summed E-state index contributed by atoms with van der Waals surface area (Å²) in [5.41, 5.74) is 0.205. The van der Waals surface area contributed by atoms with Crippen LogP contribution in [0.25, 0.3) is 0 Å². The van der Waals surface area contributed by atoms with Crippen LogP contribution in [0.1, 0.15) is 36.1 Å². The number of esters is 2. The highest BCUT2D eigenvalue weighted by atomic mass is 35.5. The zero-order chi connectivity index (χ0) is 15.1. The van der Waals surface area contributed by atoms with Crippen molar-refractivity contribution in [3.8, 4) is 0 Å². The summed E-state index contributed by atoms with van der Waals surface area (Å²) in [5, 5.41) is 9.93. The summed E-state index contributed by atoms with van der Waals surface area (Å²) in [6.45, 7) is 1.52. The molecule has 0 bridgehead atoms. The minimum Gasteiger partial charge on any atom is -0.386 e. The Kier molecular flexibility index (Phi) is 3.19. The van der Waals surface area contributed by atoms with Crippen LogP contribution in [0.4, 0.5) is 5.82 Å². The smallest absolute Gasteiger partial charge is 0.350 e. The van der Waals surface area contributed by atoms with E-state index in [9.17, 15) is 14.4 Å². The summed E-state index contributed by atoms with van der Waals surface area (Å²) in [6.07, 6.45) is 0. The van der Waals surface area contributed by atoms with E-state index in [2.05, 4.69) is 20.3 Å². The second-order valence-electron chi connectivity index (χ2n) is 4.12. The third kappa shape index (κ3) is 2.28. The number of aromatic nitrogens is 2. The fourth-order valence-electron chi connectivity index (χ4n) is 1.85. The van der Waals surface area contributed by atoms with Crippen LogP contribution in [0.3, 0.4) is 0 Å². The van der Waals surface area contributed by atoms with E-state index in [0.29, 0.717) is 9.21 Å². The van der Waals surface area contributed by atoms with Gasteiger partial charge in [0.25, 0.3) is 5.91 Å². The van der Waals surface area contributed by atoms with Crippen LogP contribution in [0.5, 0.6) is 0 Å². The van der Waals surface area contributed by atoms with Crippen molar-refractivity contribution in [1.82, 2.24) is 10.2 Å². The quantitative estimate of drug-likeness (QED) is 0.671. The number of nitrogens with zero attached hydrogens (tertiary/aromatic N) is 2. The molecule has 9 heteroatoms. The molecule has 7 nitrogen and oxygen atoms in total. The molecular formula is C12H6ClN3O4S. The minimum absolute atomic E-state index is 0.0227. The van der Waals surface area contributed by atoms with Gasteiger partial charge in [0, 0.05) is 0 Å². The van der Waals surface area contributed by atoms with E-state index < -0.39 is 17.8 Å². The van der Waals surface area contributed by atoms with Gasteiger partial charge in [-0.2, -0.15) is 5.10 Å². The monoisotopic (exact) mass is 323 g/mol. The Morgan fingerprint density at radius 1 is 1.24 bits per heavy atom. The Bertz CT molecular complexity index is 802. The summed E-state index contributed by atoms with van der Waals surface area (Å²) in [6, 6.07) is 3.11. The zero-order valence-electron chi connectivity index (χ0n) is 10.5. The molecule has 3 heterocycles. The molecule has 106 valence electrons. The molecule has 2 aromatic rings. The number of anilines is 1. The van der Waals surface area contributed by atoms with E-state index in [1.165, 1.54) is 13.0 Å². The summed E-state index contributed by atoms with van der Waals surface area (Å²) >= 11 is 6.83. The lowest BCUT2D eigenvalue weighted by atomic mass is 10.1. The number of carbonyl (C=O) groups excluding carboxylic acids is 3. The van der Waals surface area contributed by atoms with Gasteiger partial charge in [-0.3, -0.25) is 4.79 Å². The molecule has 1 aliphatic heterocycles. The minimum atomic E-state index is -0.854. The first kappa shape index (κ1) is 13.7. The van der Waals surface area contributed by atoms with Crippen LogP contribution in [0, 0.1) is 6.92 Å². The molecular weight excluding hydrogens is 318 g/mol. The third-order valence-corrected chi connectivity index (χ3v) is 4.00. The Balaban J connectivity index is 1.99. The van der Waals surface area contributed by atoms with Crippen molar-refractivity contribution in [2.24, 2.45) is 0 Å². The van der Waals surface area contributed by atoms with Gasteiger partial charge in [-0.1, -0.05) is 11.6 Å². The first-order valence-electron chi connectivity index (χ1n) is 5.68. The van der Waals surface area contributed by atoms with Gasteiger partial charge in [0.05, 0.1) is 14.9 Å². The molecule has 0 unspecified atom stereocenters. The van der Waals surface area contributed by atoms with Crippen molar-refractivity contribution in [2.75, 3.05) is 5.32 Å². The average Bonchev–Trinajstić information content (AvgIpc) is 2.98. The van der Waals surface area contributed by atoms with Gasteiger partial charge >= 0.3 is 11.9 Å². The van der Waals surface area contributed by atoms with Crippen molar-refractivity contribution in [2.45, 2.75) is 6.92 Å². The number of cyclic esters (lactones) is 2. The van der Waals surface area contributed by atoms with Gasteiger partial charge in [-0.25, -0.2) is 9.59 Å². The molecule has 1 N–H and O–H groups in total. The van der Waals surface area contributed by atoms with Gasteiger partial charge in [-0.05, 0) is 19.1 Å². The number of thiophene rings is 1. The molecule has 0 saturated heterocycles. The van der Waals surface area contributed by atoms with Crippen LogP contribution in [0.15, 0.2) is 12.1 Å². The van der Waals surface area contributed by atoms with Crippen LogP contribution in [-0.2, 0) is 4.74 Å². The predicted molar refractivity (Wildman–Crippen MR) is 73.8 cm³/mol. The summed E-state index contributed by atoms with van der Waals surface area (Å²) in [5.74, 6) is -2.26. The molecule has 0 fully saturated rings. The van der Waals surface area contributed by atoms with Crippen LogP contribution in [0.2, 0.25) is 4.34 Å². The number of carbonyl (C=O) groups is 3. The lowest BCUT2D eigenvalue weighted by Crippen LogP contribution is -2.16. The molecule has 21 heavy (non-hydrogen) atoms. The second-order valence-corrected chi connectivity index (χ2v) is 5.83. The fraction of sp³-hybridized carbons (Fsp3) is 0.0833. The van der Waals surface area contributed by atoms with Gasteiger partial charge < -0.3 is 10.1 Å². The number of nitrogens with one attached hydrogen (secondary N) is 1. The van der Waals surface area contributed by atoms with Crippen LogP contribution in [-0.4, -0.2) is 28.0 Å². The van der Waals surface area contributed by atoms with E-state index >= 15 is 0 Å². The summed E-state index contributed by atoms with van der Waals surface area (Å²) in [4.78, 5) is 35.6. The molecule has 1 aliphatic rings. The van der Waals surface area contributed by atoms with E-state index in [1.807, 2.05) is 0 Å². The molecule has 0 aliphatic carbocycles. The normalized spacial score (nSPS) is 13.0. The van der Waals surface area contributed by atoms with Crippen molar-refractivity contribution >= 4 is 46.6 Å². The summed E-state index contributed by atoms with van der Waals surface area (Å²) in [7, 11) is 0. The molecule has 2 aromatic heterocycles. The van der Waals surface area contributed by atoms with Gasteiger partial charge in [0.1, 0.15) is 11.1 Å². The number of amides is 1. The highest BCUT2D eigenvalue weighted by Crippen LogP contribution is 2.28. The van der Waals surface area contributed by atoms with Crippen LogP contribution < -0.4 is 5.32 Å². The van der Waals surface area contributed by atoms with E-state index in [0.717, 1.165) is 11.3 Å². The summed E-state index contributed by atoms with van der Waals surface area (Å²) < 4.78 is 4.97. The molecule has 3 rings (SSSR count). The lowest BCUT2D eigenvalue weighted by Gasteiger charge is -2.05. The van der Waals surface area contributed by atoms with Crippen molar-refractivity contribution in [3.05, 3.63) is 38.2 Å². The molecule has 0 atom stereocenters. The number of hydrogen-bond acceptors (Lipinski definition) is 7. The van der Waals surface area contributed by atoms with Crippen molar-refractivity contribution in [1.29, 1.82) is 0 Å².